The molecule has 1 aromatic heterocycles. The molecular formula is C12H18N4O2. The second kappa shape index (κ2) is 5.41. The number of hydrogen-bond acceptors (Lipinski definition) is 5. The van der Waals surface area contributed by atoms with E-state index in [2.05, 4.69) is 20.6 Å². The summed E-state index contributed by atoms with van der Waals surface area (Å²) in [7, 11) is 1.83. The number of nitrogens with zero attached hydrogens (tertiary/aromatic N) is 2. The molecule has 1 saturated heterocycles. The zero-order valence-corrected chi connectivity index (χ0v) is 10.9. The largest absolute Gasteiger partial charge is 0.379 e. The molecule has 98 valence electrons. The van der Waals surface area contributed by atoms with E-state index in [4.69, 9.17) is 4.74 Å². The lowest BCUT2D eigenvalue weighted by atomic mass is 10.0. The fraction of sp³-hybridized carbons (Fsp3) is 0.583. The summed E-state index contributed by atoms with van der Waals surface area (Å²) < 4.78 is 5.30. The van der Waals surface area contributed by atoms with Crippen LogP contribution in [0.5, 0.6) is 0 Å². The number of rotatable bonds is 3. The first-order valence-corrected chi connectivity index (χ1v) is 5.98. The van der Waals surface area contributed by atoms with Gasteiger partial charge in [0, 0.05) is 17.4 Å². The quantitative estimate of drug-likeness (QED) is 0.805. The molecule has 0 saturated carbocycles. The number of carbonyl (C=O) groups excluding carboxylic acids is 1. The van der Waals surface area contributed by atoms with Gasteiger partial charge in [0.1, 0.15) is 0 Å². The Labute approximate surface area is 106 Å². The predicted octanol–water partition coefficient (Wildman–Crippen LogP) is 0.266. The van der Waals surface area contributed by atoms with Gasteiger partial charge in [-0.2, -0.15) is 0 Å². The maximum absolute atomic E-state index is 12.1. The number of likely N-dealkylation sites (N-methyl/N-ethyl adjacent to an activating group) is 1. The van der Waals surface area contributed by atoms with Gasteiger partial charge in [-0.3, -0.25) is 10.1 Å². The molecule has 0 radical (unpaired) electrons. The van der Waals surface area contributed by atoms with Crippen LogP contribution in [0, 0.1) is 19.8 Å². The van der Waals surface area contributed by atoms with Gasteiger partial charge < -0.3 is 10.1 Å². The van der Waals surface area contributed by atoms with Crippen LogP contribution in [0.2, 0.25) is 0 Å². The average Bonchev–Trinajstić information content (AvgIpc) is 2.75. The molecule has 18 heavy (non-hydrogen) atoms. The van der Waals surface area contributed by atoms with Crippen LogP contribution < -0.4 is 10.6 Å². The summed E-state index contributed by atoms with van der Waals surface area (Å²) in [4.78, 5) is 20.5. The van der Waals surface area contributed by atoms with Crippen molar-refractivity contribution >= 4 is 11.9 Å². The predicted molar refractivity (Wildman–Crippen MR) is 67.3 cm³/mol. The van der Waals surface area contributed by atoms with Gasteiger partial charge in [0.25, 0.3) is 0 Å². The van der Waals surface area contributed by atoms with Gasteiger partial charge in [-0.1, -0.05) is 0 Å². The van der Waals surface area contributed by atoms with Gasteiger partial charge in [0.05, 0.1) is 19.1 Å². The first kappa shape index (κ1) is 12.9. The number of carbonyl (C=O) groups is 1. The molecule has 2 atom stereocenters. The average molecular weight is 250 g/mol. The summed E-state index contributed by atoms with van der Waals surface area (Å²) in [5, 5.41) is 5.83. The Balaban J connectivity index is 2.06. The molecule has 0 bridgehead atoms. The van der Waals surface area contributed by atoms with E-state index in [0.29, 0.717) is 19.2 Å². The van der Waals surface area contributed by atoms with Crippen LogP contribution in [0.25, 0.3) is 0 Å². The first-order valence-electron chi connectivity index (χ1n) is 5.98. The summed E-state index contributed by atoms with van der Waals surface area (Å²) in [5.41, 5.74) is 1.68. The normalized spacial score (nSPS) is 23.1. The van der Waals surface area contributed by atoms with Gasteiger partial charge in [-0.05, 0) is 27.0 Å². The van der Waals surface area contributed by atoms with Crippen LogP contribution in [0.1, 0.15) is 11.4 Å². The van der Waals surface area contributed by atoms with Gasteiger partial charge in [-0.25, -0.2) is 9.97 Å². The highest BCUT2D eigenvalue weighted by Gasteiger charge is 2.33. The van der Waals surface area contributed by atoms with Gasteiger partial charge in [-0.15, -0.1) is 0 Å². The summed E-state index contributed by atoms with van der Waals surface area (Å²) in [5.74, 6) is 0.0653. The highest BCUT2D eigenvalue weighted by molar-refractivity contribution is 5.91. The number of hydrogen-bond donors (Lipinski definition) is 2. The van der Waals surface area contributed by atoms with Crippen LogP contribution in [0.3, 0.4) is 0 Å². The van der Waals surface area contributed by atoms with E-state index >= 15 is 0 Å². The molecule has 0 spiro atoms. The van der Waals surface area contributed by atoms with Crippen molar-refractivity contribution < 1.29 is 9.53 Å². The number of aromatic nitrogens is 2. The number of ether oxygens (including phenoxy) is 1. The standard InChI is InChI=1S/C12H18N4O2/c1-7-4-8(2)15-12(14-7)16-11(17)9-5-18-6-10(9)13-3/h4,9-10,13H,5-6H2,1-3H3,(H,14,15,16,17). The van der Waals surface area contributed by atoms with E-state index < -0.39 is 0 Å². The van der Waals surface area contributed by atoms with Gasteiger partial charge in [0.2, 0.25) is 11.9 Å². The minimum Gasteiger partial charge on any atom is -0.379 e. The fourth-order valence-electron chi connectivity index (χ4n) is 2.08. The molecule has 2 heterocycles. The van der Waals surface area contributed by atoms with Crippen molar-refractivity contribution in [3.8, 4) is 0 Å². The third kappa shape index (κ3) is 2.83. The van der Waals surface area contributed by atoms with Crippen molar-refractivity contribution in [3.63, 3.8) is 0 Å². The lowest BCUT2D eigenvalue weighted by Crippen LogP contribution is -2.39. The van der Waals surface area contributed by atoms with Crippen molar-refractivity contribution in [1.29, 1.82) is 0 Å². The highest BCUT2D eigenvalue weighted by Crippen LogP contribution is 2.15. The monoisotopic (exact) mass is 250 g/mol. The van der Waals surface area contributed by atoms with E-state index in [1.807, 2.05) is 27.0 Å². The zero-order chi connectivity index (χ0) is 13.1. The van der Waals surface area contributed by atoms with E-state index in [9.17, 15) is 4.79 Å². The molecule has 1 amide bonds. The number of aryl methyl sites for hydroxylation is 2. The van der Waals surface area contributed by atoms with Crippen molar-refractivity contribution in [2.45, 2.75) is 19.9 Å². The molecule has 1 aliphatic heterocycles. The second-order valence-corrected chi connectivity index (χ2v) is 4.50. The molecule has 2 unspecified atom stereocenters. The van der Waals surface area contributed by atoms with Gasteiger partial charge >= 0.3 is 0 Å². The molecule has 1 fully saturated rings. The Morgan fingerprint density at radius 3 is 2.61 bits per heavy atom. The molecule has 0 aliphatic carbocycles. The number of amides is 1. The van der Waals surface area contributed by atoms with E-state index in [1.165, 1.54) is 0 Å². The van der Waals surface area contributed by atoms with E-state index in [1.54, 1.807) is 0 Å². The van der Waals surface area contributed by atoms with Crippen molar-refractivity contribution in [2.75, 3.05) is 25.6 Å². The smallest absolute Gasteiger partial charge is 0.233 e. The molecule has 6 nitrogen and oxygen atoms in total. The molecule has 1 aliphatic rings. The highest BCUT2D eigenvalue weighted by atomic mass is 16.5. The lowest BCUT2D eigenvalue weighted by Gasteiger charge is -2.15. The Morgan fingerprint density at radius 1 is 1.33 bits per heavy atom. The maximum Gasteiger partial charge on any atom is 0.233 e. The summed E-state index contributed by atoms with van der Waals surface area (Å²) in [6.45, 7) is 4.74. The topological polar surface area (TPSA) is 76.1 Å². The number of nitrogens with one attached hydrogen (secondary N) is 2. The third-order valence-corrected chi connectivity index (χ3v) is 3.01. The van der Waals surface area contributed by atoms with Crippen LogP contribution in [-0.4, -0.2) is 42.2 Å². The summed E-state index contributed by atoms with van der Waals surface area (Å²) >= 11 is 0. The van der Waals surface area contributed by atoms with Crippen LogP contribution >= 0.6 is 0 Å². The fourth-order valence-corrected chi connectivity index (χ4v) is 2.08. The first-order chi connectivity index (χ1) is 8.60. The second-order valence-electron chi connectivity index (χ2n) is 4.50. The Bertz CT molecular complexity index is 429. The van der Waals surface area contributed by atoms with Crippen LogP contribution in [-0.2, 0) is 9.53 Å². The molecule has 2 rings (SSSR count). The minimum atomic E-state index is -0.195. The lowest BCUT2D eigenvalue weighted by molar-refractivity contribution is -0.120. The maximum atomic E-state index is 12.1. The molecule has 1 aromatic rings. The molecular weight excluding hydrogens is 232 g/mol. The summed E-state index contributed by atoms with van der Waals surface area (Å²) in [6.07, 6.45) is 0. The van der Waals surface area contributed by atoms with Gasteiger partial charge in [0.15, 0.2) is 0 Å². The zero-order valence-electron chi connectivity index (χ0n) is 10.9. The molecule has 6 heteroatoms. The number of anilines is 1. The SMILES string of the molecule is CNC1COCC1C(=O)Nc1nc(C)cc(C)n1. The van der Waals surface area contributed by atoms with Crippen LogP contribution in [0.15, 0.2) is 6.07 Å². The van der Waals surface area contributed by atoms with Crippen LogP contribution in [0.4, 0.5) is 5.95 Å². The van der Waals surface area contributed by atoms with E-state index in [0.717, 1.165) is 11.4 Å². The van der Waals surface area contributed by atoms with E-state index in [-0.39, 0.29) is 17.9 Å². The summed E-state index contributed by atoms with van der Waals surface area (Å²) in [6, 6.07) is 1.92. The Kier molecular flexibility index (Phi) is 3.88. The Morgan fingerprint density at radius 2 is 2.00 bits per heavy atom. The molecule has 0 aromatic carbocycles. The van der Waals surface area contributed by atoms with Crippen molar-refractivity contribution in [1.82, 2.24) is 15.3 Å². The third-order valence-electron chi connectivity index (χ3n) is 3.01. The molecule has 2 N–H and O–H groups in total. The van der Waals surface area contributed by atoms with Crippen molar-refractivity contribution in [2.24, 2.45) is 5.92 Å². The minimum absolute atomic E-state index is 0.0518. The van der Waals surface area contributed by atoms with Crippen molar-refractivity contribution in [3.05, 3.63) is 17.5 Å². The Hall–Kier alpha value is -1.53.